The number of hydrogen-bond donors (Lipinski definition) is 2. The summed E-state index contributed by atoms with van der Waals surface area (Å²) >= 11 is 0. The van der Waals surface area contributed by atoms with Crippen molar-refractivity contribution in [2.45, 2.75) is 6.92 Å². The molecule has 0 unspecified atom stereocenters. The third-order valence-electron chi connectivity index (χ3n) is 3.96. The van der Waals surface area contributed by atoms with Crippen molar-refractivity contribution in [1.82, 2.24) is 5.32 Å². The predicted molar refractivity (Wildman–Crippen MR) is 107 cm³/mol. The first-order valence-electron chi connectivity index (χ1n) is 8.61. The summed E-state index contributed by atoms with van der Waals surface area (Å²) < 4.78 is 5.05. The van der Waals surface area contributed by atoms with Crippen LogP contribution in [0.3, 0.4) is 0 Å². The van der Waals surface area contributed by atoms with Gasteiger partial charge in [-0.2, -0.15) is 0 Å². The van der Waals surface area contributed by atoms with Crippen molar-refractivity contribution < 1.29 is 18.9 Å². The predicted octanol–water partition coefficient (Wildman–Crippen LogP) is 3.91. The number of amides is 2. The van der Waals surface area contributed by atoms with Crippen LogP contribution in [0.2, 0.25) is 0 Å². The number of furan rings is 1. The van der Waals surface area contributed by atoms with E-state index in [9.17, 15) is 19.7 Å². The minimum absolute atomic E-state index is 0.0409. The SMILES string of the molecule is Cc1ccc(NC(=O)/C(=C/c2ccc([N+](=O)[O-])cc2)NC(=O)c2ccco2)cc1. The van der Waals surface area contributed by atoms with Gasteiger partial charge >= 0.3 is 0 Å². The lowest BCUT2D eigenvalue weighted by molar-refractivity contribution is -0.384. The molecule has 1 heterocycles. The van der Waals surface area contributed by atoms with E-state index in [0.29, 0.717) is 11.3 Å². The molecule has 1 aromatic heterocycles. The molecule has 0 atom stereocenters. The molecule has 2 N–H and O–H groups in total. The first-order chi connectivity index (χ1) is 13.9. The number of hydrogen-bond acceptors (Lipinski definition) is 5. The molecule has 0 aliphatic carbocycles. The average molecular weight is 391 g/mol. The molecular weight excluding hydrogens is 374 g/mol. The fraction of sp³-hybridized carbons (Fsp3) is 0.0476. The molecule has 0 spiro atoms. The van der Waals surface area contributed by atoms with Crippen LogP contribution in [0.5, 0.6) is 0 Å². The number of carbonyl (C=O) groups is 2. The van der Waals surface area contributed by atoms with Crippen molar-refractivity contribution in [3.63, 3.8) is 0 Å². The number of benzene rings is 2. The third kappa shape index (κ3) is 5.16. The molecule has 3 aromatic rings. The van der Waals surface area contributed by atoms with Gasteiger partial charge in [-0.15, -0.1) is 0 Å². The fourth-order valence-corrected chi connectivity index (χ4v) is 2.44. The summed E-state index contributed by atoms with van der Waals surface area (Å²) in [6.07, 6.45) is 2.77. The van der Waals surface area contributed by atoms with E-state index in [-0.39, 0.29) is 17.1 Å². The molecule has 0 aliphatic rings. The highest BCUT2D eigenvalue weighted by molar-refractivity contribution is 6.10. The second kappa shape index (κ2) is 8.66. The molecule has 0 fully saturated rings. The lowest BCUT2D eigenvalue weighted by Gasteiger charge is -2.10. The van der Waals surface area contributed by atoms with Crippen LogP contribution in [0.25, 0.3) is 6.08 Å². The molecule has 3 rings (SSSR count). The number of anilines is 1. The van der Waals surface area contributed by atoms with Crippen LogP contribution >= 0.6 is 0 Å². The zero-order valence-electron chi connectivity index (χ0n) is 15.4. The summed E-state index contributed by atoms with van der Waals surface area (Å²) in [5.74, 6) is -1.10. The van der Waals surface area contributed by atoms with Crippen LogP contribution in [0.1, 0.15) is 21.7 Å². The van der Waals surface area contributed by atoms with Crippen LogP contribution in [-0.2, 0) is 4.79 Å². The Kier molecular flexibility index (Phi) is 5.84. The minimum Gasteiger partial charge on any atom is -0.459 e. The molecule has 8 nitrogen and oxygen atoms in total. The summed E-state index contributed by atoms with van der Waals surface area (Å²) in [7, 11) is 0. The molecule has 146 valence electrons. The van der Waals surface area contributed by atoms with Gasteiger partial charge in [0, 0.05) is 17.8 Å². The third-order valence-corrected chi connectivity index (χ3v) is 3.96. The minimum atomic E-state index is -0.595. The van der Waals surface area contributed by atoms with Crippen LogP contribution < -0.4 is 10.6 Å². The Morgan fingerprint density at radius 2 is 1.72 bits per heavy atom. The molecule has 29 heavy (non-hydrogen) atoms. The average Bonchev–Trinajstić information content (AvgIpc) is 3.24. The largest absolute Gasteiger partial charge is 0.459 e. The Morgan fingerprint density at radius 3 is 2.31 bits per heavy atom. The standard InChI is InChI=1S/C21H17N3O5/c1-14-4-8-16(9-5-14)22-20(25)18(23-21(26)19-3-2-12-29-19)13-15-6-10-17(11-7-15)24(27)28/h2-13H,1H3,(H,22,25)(H,23,26)/b18-13-. The van der Waals surface area contributed by atoms with Gasteiger partial charge in [-0.05, 0) is 55.0 Å². The molecule has 0 saturated heterocycles. The summed E-state index contributed by atoms with van der Waals surface area (Å²) in [5.41, 5.74) is 1.98. The number of non-ortho nitro benzene ring substituents is 1. The molecular formula is C21H17N3O5. The summed E-state index contributed by atoms with van der Waals surface area (Å²) in [5, 5.41) is 16.0. The monoisotopic (exact) mass is 391 g/mol. The van der Waals surface area contributed by atoms with E-state index in [1.54, 1.807) is 18.2 Å². The zero-order valence-corrected chi connectivity index (χ0v) is 15.4. The summed E-state index contributed by atoms with van der Waals surface area (Å²) in [4.78, 5) is 35.4. The van der Waals surface area contributed by atoms with E-state index in [2.05, 4.69) is 10.6 Å². The Balaban J connectivity index is 1.87. The maximum Gasteiger partial charge on any atom is 0.291 e. The van der Waals surface area contributed by atoms with Gasteiger partial charge in [-0.3, -0.25) is 19.7 Å². The van der Waals surface area contributed by atoms with Gasteiger partial charge in [0.15, 0.2) is 5.76 Å². The van der Waals surface area contributed by atoms with Crippen molar-refractivity contribution in [1.29, 1.82) is 0 Å². The van der Waals surface area contributed by atoms with Crippen LogP contribution in [-0.4, -0.2) is 16.7 Å². The normalized spacial score (nSPS) is 11.0. The van der Waals surface area contributed by atoms with Crippen molar-refractivity contribution >= 4 is 29.3 Å². The molecule has 0 saturated carbocycles. The fourth-order valence-electron chi connectivity index (χ4n) is 2.44. The van der Waals surface area contributed by atoms with Gasteiger partial charge in [0.25, 0.3) is 17.5 Å². The van der Waals surface area contributed by atoms with Crippen LogP contribution in [0, 0.1) is 17.0 Å². The number of rotatable bonds is 6. The number of aryl methyl sites for hydroxylation is 1. The van der Waals surface area contributed by atoms with Crippen LogP contribution in [0.4, 0.5) is 11.4 Å². The van der Waals surface area contributed by atoms with Gasteiger partial charge < -0.3 is 15.1 Å². The molecule has 8 heteroatoms. The molecule has 2 aromatic carbocycles. The number of nitro benzene ring substituents is 1. The van der Waals surface area contributed by atoms with Gasteiger partial charge in [-0.25, -0.2) is 0 Å². The van der Waals surface area contributed by atoms with E-state index in [1.165, 1.54) is 42.7 Å². The zero-order chi connectivity index (χ0) is 20.8. The smallest absolute Gasteiger partial charge is 0.291 e. The number of nitrogens with one attached hydrogen (secondary N) is 2. The molecule has 2 amide bonds. The molecule has 0 aliphatic heterocycles. The van der Waals surface area contributed by atoms with Crippen molar-refractivity contribution in [2.24, 2.45) is 0 Å². The molecule has 0 radical (unpaired) electrons. The van der Waals surface area contributed by atoms with Crippen molar-refractivity contribution in [2.75, 3.05) is 5.32 Å². The van der Waals surface area contributed by atoms with E-state index < -0.39 is 16.7 Å². The lowest BCUT2D eigenvalue weighted by atomic mass is 10.1. The number of nitrogens with zero attached hydrogens (tertiary/aromatic N) is 1. The van der Waals surface area contributed by atoms with Crippen molar-refractivity contribution in [3.05, 3.63) is 99.6 Å². The lowest BCUT2D eigenvalue weighted by Crippen LogP contribution is -2.30. The van der Waals surface area contributed by atoms with Crippen molar-refractivity contribution in [3.8, 4) is 0 Å². The second-order valence-electron chi connectivity index (χ2n) is 6.16. The first-order valence-corrected chi connectivity index (χ1v) is 8.61. The topological polar surface area (TPSA) is 114 Å². The molecule has 0 bridgehead atoms. The number of carbonyl (C=O) groups excluding carboxylic acids is 2. The number of nitro groups is 1. The first kappa shape index (κ1) is 19.6. The Hall–Kier alpha value is -4.20. The highest BCUT2D eigenvalue weighted by atomic mass is 16.6. The van der Waals surface area contributed by atoms with Gasteiger partial charge in [0.2, 0.25) is 0 Å². The summed E-state index contributed by atoms with van der Waals surface area (Å²) in [6, 6.07) is 15.8. The Labute approximate surface area is 166 Å². The van der Waals surface area contributed by atoms with E-state index >= 15 is 0 Å². The van der Waals surface area contributed by atoms with E-state index in [4.69, 9.17) is 4.42 Å². The summed E-state index contributed by atoms with van der Waals surface area (Å²) in [6.45, 7) is 1.93. The van der Waals surface area contributed by atoms with Gasteiger partial charge in [-0.1, -0.05) is 17.7 Å². The Morgan fingerprint density at radius 1 is 1.03 bits per heavy atom. The van der Waals surface area contributed by atoms with E-state index in [0.717, 1.165) is 5.56 Å². The van der Waals surface area contributed by atoms with Gasteiger partial charge in [0.05, 0.1) is 11.2 Å². The second-order valence-corrected chi connectivity index (χ2v) is 6.16. The maximum absolute atomic E-state index is 12.7. The quantitative estimate of drug-likeness (QED) is 0.376. The Bertz CT molecular complexity index is 1050. The van der Waals surface area contributed by atoms with Crippen LogP contribution in [0.15, 0.2) is 77.0 Å². The highest BCUT2D eigenvalue weighted by Crippen LogP contribution is 2.16. The maximum atomic E-state index is 12.7. The highest BCUT2D eigenvalue weighted by Gasteiger charge is 2.17. The van der Waals surface area contributed by atoms with Gasteiger partial charge in [0.1, 0.15) is 5.70 Å². The van der Waals surface area contributed by atoms with E-state index in [1.807, 2.05) is 19.1 Å².